The summed E-state index contributed by atoms with van der Waals surface area (Å²) in [6.07, 6.45) is 3.03. The van der Waals surface area contributed by atoms with Crippen LogP contribution in [0.5, 0.6) is 0 Å². The van der Waals surface area contributed by atoms with Crippen molar-refractivity contribution in [2.45, 2.75) is 149 Å². The Morgan fingerprint density at radius 2 is 1.81 bits per heavy atom. The molecule has 0 aromatic carbocycles. The first-order valence-electron chi connectivity index (χ1n) is 21.1. The van der Waals surface area contributed by atoms with Gasteiger partial charge >= 0.3 is 0 Å². The molecule has 0 radical (unpaired) electrons. The van der Waals surface area contributed by atoms with E-state index in [4.69, 9.17) is 24.3 Å². The summed E-state index contributed by atoms with van der Waals surface area (Å²) in [5.74, 6) is -0.666. The highest BCUT2D eigenvalue weighted by atomic mass is 16.8. The van der Waals surface area contributed by atoms with Crippen molar-refractivity contribution in [3.8, 4) is 0 Å². The summed E-state index contributed by atoms with van der Waals surface area (Å²) in [6.45, 7) is 20.4. The first-order valence-corrected chi connectivity index (χ1v) is 21.1. The van der Waals surface area contributed by atoms with Gasteiger partial charge in [-0.05, 0) is 87.0 Å². The van der Waals surface area contributed by atoms with Gasteiger partial charge in [0.15, 0.2) is 6.29 Å². The van der Waals surface area contributed by atoms with Gasteiger partial charge in [0.05, 0.1) is 29.2 Å². The number of carbonyl (C=O) groups excluding carboxylic acids is 1. The number of unbranched alkanes of at least 4 members (excludes halogenated alkanes) is 3. The third kappa shape index (κ3) is 7.90. The van der Waals surface area contributed by atoms with E-state index in [2.05, 4.69) is 82.6 Å². The average molecular weight is 800 g/mol. The number of amides is 1. The van der Waals surface area contributed by atoms with Gasteiger partial charge in [-0.15, -0.1) is 0 Å². The topological polar surface area (TPSA) is 194 Å². The SMILES string of the molecule is C=C1C/C2=C3/N=C(C=c4[nH]c(c(C(C)OCCCCCC)c4C)=CC4=NC(Cc5[nH]c2c1c5C)C(CC)=C4C)[C@@H](C)[C@@H]3CCC(=O)NO[C@@H]1O[C@H](O)[C@H](O)[C@H](O)[C@H]1O. The molecule has 314 valence electrons. The van der Waals surface area contributed by atoms with E-state index in [-0.39, 0.29) is 30.4 Å². The Kier molecular flexibility index (Phi) is 12.6. The molecule has 9 atom stereocenters. The first kappa shape index (κ1) is 42.2. The number of allylic oxidation sites excluding steroid dienone is 4. The van der Waals surface area contributed by atoms with Crippen LogP contribution in [-0.2, 0) is 25.5 Å². The number of nitrogens with zero attached hydrogens (tertiary/aromatic N) is 2. The van der Waals surface area contributed by atoms with E-state index in [0.717, 1.165) is 92.7 Å². The zero-order valence-electron chi connectivity index (χ0n) is 34.9. The van der Waals surface area contributed by atoms with Gasteiger partial charge < -0.3 is 39.9 Å². The zero-order valence-corrected chi connectivity index (χ0v) is 34.9. The van der Waals surface area contributed by atoms with Gasteiger partial charge in [-0.3, -0.25) is 14.8 Å². The molecule has 13 heteroatoms. The Labute approximate surface area is 340 Å². The number of aliphatic hydroxyl groups is 4. The van der Waals surface area contributed by atoms with Crippen molar-refractivity contribution in [1.82, 2.24) is 15.4 Å². The second kappa shape index (κ2) is 17.3. The number of aromatic nitrogens is 2. The van der Waals surface area contributed by atoms with E-state index in [1.54, 1.807) is 0 Å². The lowest BCUT2D eigenvalue weighted by Gasteiger charge is -2.37. The van der Waals surface area contributed by atoms with Crippen molar-refractivity contribution in [1.29, 1.82) is 0 Å². The second-order valence-corrected chi connectivity index (χ2v) is 16.7. The Hall–Kier alpha value is -3.95. The summed E-state index contributed by atoms with van der Waals surface area (Å²) in [5, 5.41) is 42.0. The third-order valence-corrected chi connectivity index (χ3v) is 12.9. The minimum Gasteiger partial charge on any atom is -0.387 e. The molecule has 1 aliphatic carbocycles. The lowest BCUT2D eigenvalue weighted by Crippen LogP contribution is -2.59. The van der Waals surface area contributed by atoms with Crippen molar-refractivity contribution in [2.75, 3.05) is 6.61 Å². The molecule has 4 aliphatic heterocycles. The van der Waals surface area contributed by atoms with Crippen LogP contribution < -0.4 is 16.2 Å². The van der Waals surface area contributed by atoms with E-state index >= 15 is 0 Å². The fourth-order valence-electron chi connectivity index (χ4n) is 9.48. The Bertz CT molecular complexity index is 2190. The quantitative estimate of drug-likeness (QED) is 0.114. The molecule has 0 spiro atoms. The predicted molar refractivity (Wildman–Crippen MR) is 224 cm³/mol. The molecule has 58 heavy (non-hydrogen) atoms. The fraction of sp³-hybridized carbons (Fsp3) is 0.578. The molecule has 13 nitrogen and oxygen atoms in total. The van der Waals surface area contributed by atoms with Crippen LogP contribution in [0.15, 0.2) is 33.4 Å². The van der Waals surface area contributed by atoms with Gasteiger partial charge in [-0.25, -0.2) is 10.3 Å². The molecule has 7 rings (SSSR count). The maximum atomic E-state index is 13.2. The molecule has 6 heterocycles. The molecule has 8 bridgehead atoms. The molecular formula is C45H61N5O8. The van der Waals surface area contributed by atoms with Crippen LogP contribution in [0.4, 0.5) is 0 Å². The zero-order chi connectivity index (χ0) is 41.6. The minimum atomic E-state index is -1.79. The van der Waals surface area contributed by atoms with Crippen LogP contribution in [0.1, 0.15) is 126 Å². The number of hydrogen-bond acceptors (Lipinski definition) is 10. The van der Waals surface area contributed by atoms with Crippen LogP contribution in [0.2, 0.25) is 0 Å². The molecule has 7 N–H and O–H groups in total. The standard InChI is InChI=1S/C45H61N5O8/c1-9-11-12-13-16-56-26(8)38-25(7)32-18-31-23(5)28(14-15-36(51)50-58-45-43(54)41(52)42(53)44(55)57-45)39(48-31)29-17-21(3)37-24(6)33(49-40(29)37)19-34-27(10-2)22(4)30(46-34)20-35(38)47-32/h18,20,23,26,28,34,41-45,47,49,52-55H,3,9-17,19H2,1-2,4-8H3,(H,50,51)/b32-18?,35-20?,39-29-/t23-,26?,28-,34?,41-,42+,43+,44-,45-/m0/s1. The lowest BCUT2D eigenvalue weighted by atomic mass is 9.85. The van der Waals surface area contributed by atoms with Crippen molar-refractivity contribution in [3.05, 3.63) is 67.8 Å². The van der Waals surface area contributed by atoms with Gasteiger partial charge in [0.2, 0.25) is 12.2 Å². The van der Waals surface area contributed by atoms with Crippen molar-refractivity contribution in [2.24, 2.45) is 21.8 Å². The van der Waals surface area contributed by atoms with E-state index in [0.29, 0.717) is 19.4 Å². The maximum absolute atomic E-state index is 13.2. The summed E-state index contributed by atoms with van der Waals surface area (Å²) in [7, 11) is 0. The molecule has 2 unspecified atom stereocenters. The summed E-state index contributed by atoms with van der Waals surface area (Å²) >= 11 is 0. The van der Waals surface area contributed by atoms with Gasteiger partial charge in [0, 0.05) is 76.5 Å². The van der Waals surface area contributed by atoms with Crippen molar-refractivity contribution < 1.29 is 39.5 Å². The molecule has 1 fully saturated rings. The number of ether oxygens (including phenoxy) is 2. The Balaban J connectivity index is 1.26. The summed E-state index contributed by atoms with van der Waals surface area (Å²) < 4.78 is 11.6. The number of nitrogens with one attached hydrogen (secondary N) is 3. The van der Waals surface area contributed by atoms with Gasteiger partial charge in [-0.2, -0.15) is 0 Å². The molecule has 5 aliphatic rings. The fourth-order valence-corrected chi connectivity index (χ4v) is 9.48. The molecule has 1 saturated heterocycles. The summed E-state index contributed by atoms with van der Waals surface area (Å²) in [4.78, 5) is 36.8. The van der Waals surface area contributed by atoms with Crippen LogP contribution in [-0.4, -0.2) is 91.3 Å². The monoisotopic (exact) mass is 799 g/mol. The lowest BCUT2D eigenvalue weighted by molar-refractivity contribution is -0.349. The highest BCUT2D eigenvalue weighted by Crippen LogP contribution is 2.49. The maximum Gasteiger partial charge on any atom is 0.243 e. The van der Waals surface area contributed by atoms with Crippen LogP contribution in [0.3, 0.4) is 0 Å². The predicted octanol–water partition coefficient (Wildman–Crippen LogP) is 4.40. The number of aliphatic hydroxyl groups excluding tert-OH is 4. The normalized spacial score (nSPS) is 29.7. The van der Waals surface area contributed by atoms with Crippen LogP contribution in [0, 0.1) is 25.7 Å². The number of H-pyrrole nitrogens is 2. The molecule has 1 amide bonds. The molecule has 0 saturated carbocycles. The molecule has 2 aromatic rings. The number of hydroxylamine groups is 1. The van der Waals surface area contributed by atoms with E-state index in [1.165, 1.54) is 29.6 Å². The first-order chi connectivity index (χ1) is 27.7. The largest absolute Gasteiger partial charge is 0.387 e. The smallest absolute Gasteiger partial charge is 0.243 e. The summed E-state index contributed by atoms with van der Waals surface area (Å²) in [6, 6.07) is 0.00473. The minimum absolute atomic E-state index is 0.00473. The average Bonchev–Trinajstić information content (AvgIpc) is 3.95. The molecule has 2 aromatic heterocycles. The Morgan fingerprint density at radius 1 is 1.03 bits per heavy atom. The van der Waals surface area contributed by atoms with Gasteiger partial charge in [0.1, 0.15) is 18.3 Å². The third-order valence-electron chi connectivity index (χ3n) is 12.9. The van der Waals surface area contributed by atoms with Gasteiger partial charge in [0.25, 0.3) is 0 Å². The number of carbonyl (C=O) groups is 1. The van der Waals surface area contributed by atoms with Crippen molar-refractivity contribution in [3.63, 3.8) is 0 Å². The van der Waals surface area contributed by atoms with E-state index < -0.39 is 36.8 Å². The van der Waals surface area contributed by atoms with Crippen molar-refractivity contribution >= 4 is 40.6 Å². The van der Waals surface area contributed by atoms with Crippen LogP contribution in [0.25, 0.3) is 23.3 Å². The summed E-state index contributed by atoms with van der Waals surface area (Å²) in [5.41, 5.74) is 16.5. The number of hydrogen-bond donors (Lipinski definition) is 7. The Morgan fingerprint density at radius 3 is 2.55 bits per heavy atom. The number of fused-ring (bicyclic) bond motifs is 5. The van der Waals surface area contributed by atoms with E-state index in [9.17, 15) is 25.2 Å². The number of aliphatic imine (C=N–C) groups is 2. The second-order valence-electron chi connectivity index (χ2n) is 16.7. The van der Waals surface area contributed by atoms with Crippen LogP contribution >= 0.6 is 0 Å². The highest BCUT2D eigenvalue weighted by molar-refractivity contribution is 6.22. The number of rotatable bonds is 13. The number of aromatic amines is 2. The van der Waals surface area contributed by atoms with E-state index in [1.807, 2.05) is 0 Å². The molecular weight excluding hydrogens is 739 g/mol. The highest BCUT2D eigenvalue weighted by Gasteiger charge is 2.44. The van der Waals surface area contributed by atoms with Gasteiger partial charge in [-0.1, -0.05) is 46.6 Å².